The first-order valence-corrected chi connectivity index (χ1v) is 18.7. The van der Waals surface area contributed by atoms with Crippen molar-refractivity contribution in [3.05, 3.63) is 235 Å². The van der Waals surface area contributed by atoms with E-state index < -0.39 is 5.41 Å². The van der Waals surface area contributed by atoms with E-state index in [2.05, 4.69) is 152 Å². The standard InChI is InChI=1S/C52H35N3/c1-6-18-36(19-7-1)43-34-35-46-48(44-28-16-17-29-45(44)52(46,41-24-12-4-13-25-41)42-26-14-5-15-27-42)47(43)37-30-32-40(33-31-37)51-54-49(38-20-8-2-9-21-38)53-50(55-51)39-22-10-3-11-23-39/h1-35H. The van der Waals surface area contributed by atoms with Crippen molar-refractivity contribution in [2.24, 2.45) is 0 Å². The van der Waals surface area contributed by atoms with Gasteiger partial charge in [-0.3, -0.25) is 0 Å². The van der Waals surface area contributed by atoms with Gasteiger partial charge in [-0.05, 0) is 55.6 Å². The Labute approximate surface area is 321 Å². The summed E-state index contributed by atoms with van der Waals surface area (Å²) in [5, 5.41) is 0. The maximum atomic E-state index is 5.02. The van der Waals surface area contributed by atoms with E-state index in [1.165, 1.54) is 50.1 Å². The van der Waals surface area contributed by atoms with Crippen LogP contribution < -0.4 is 0 Å². The van der Waals surface area contributed by atoms with Crippen LogP contribution in [-0.4, -0.2) is 15.0 Å². The maximum Gasteiger partial charge on any atom is 0.164 e. The zero-order valence-electron chi connectivity index (χ0n) is 30.0. The molecule has 0 saturated heterocycles. The average Bonchev–Trinajstić information content (AvgIpc) is 3.58. The van der Waals surface area contributed by atoms with E-state index in [1.807, 2.05) is 60.7 Å². The molecule has 3 heteroatoms. The molecule has 8 aromatic carbocycles. The Hall–Kier alpha value is -7.23. The third-order valence-corrected chi connectivity index (χ3v) is 10.8. The summed E-state index contributed by atoms with van der Waals surface area (Å²) < 4.78 is 0. The molecule has 0 fully saturated rings. The van der Waals surface area contributed by atoms with Crippen molar-refractivity contribution in [1.82, 2.24) is 15.0 Å². The molecular formula is C52H35N3. The Bertz CT molecular complexity index is 2670. The molecular weight excluding hydrogens is 667 g/mol. The number of benzene rings is 8. The second-order valence-electron chi connectivity index (χ2n) is 13.9. The van der Waals surface area contributed by atoms with E-state index >= 15 is 0 Å². The van der Waals surface area contributed by atoms with E-state index in [4.69, 9.17) is 15.0 Å². The highest BCUT2D eigenvalue weighted by Gasteiger charge is 2.47. The molecule has 1 aliphatic rings. The Morgan fingerprint density at radius 2 is 0.655 bits per heavy atom. The van der Waals surface area contributed by atoms with Crippen LogP contribution in [0.3, 0.4) is 0 Å². The van der Waals surface area contributed by atoms with Gasteiger partial charge in [-0.15, -0.1) is 0 Å². The van der Waals surface area contributed by atoms with E-state index in [0.29, 0.717) is 17.5 Å². The number of nitrogens with zero attached hydrogens (tertiary/aromatic N) is 3. The Morgan fingerprint density at radius 3 is 1.16 bits per heavy atom. The topological polar surface area (TPSA) is 38.7 Å². The van der Waals surface area contributed by atoms with Gasteiger partial charge in [-0.25, -0.2) is 15.0 Å². The van der Waals surface area contributed by atoms with Crippen molar-refractivity contribution in [2.45, 2.75) is 5.41 Å². The van der Waals surface area contributed by atoms with E-state index in [-0.39, 0.29) is 0 Å². The minimum Gasteiger partial charge on any atom is -0.208 e. The van der Waals surface area contributed by atoms with Crippen molar-refractivity contribution in [2.75, 3.05) is 0 Å². The van der Waals surface area contributed by atoms with Crippen LogP contribution in [0, 0.1) is 0 Å². The van der Waals surface area contributed by atoms with Gasteiger partial charge in [-0.2, -0.15) is 0 Å². The number of rotatable bonds is 7. The fraction of sp³-hybridized carbons (Fsp3) is 0.0192. The Kier molecular flexibility index (Phi) is 8.04. The van der Waals surface area contributed by atoms with Gasteiger partial charge in [0.05, 0.1) is 5.41 Å². The highest BCUT2D eigenvalue weighted by Crippen LogP contribution is 2.59. The van der Waals surface area contributed by atoms with Gasteiger partial charge in [0.2, 0.25) is 0 Å². The van der Waals surface area contributed by atoms with E-state index in [9.17, 15) is 0 Å². The second-order valence-corrected chi connectivity index (χ2v) is 13.9. The predicted octanol–water partition coefficient (Wildman–Crippen LogP) is 12.6. The smallest absolute Gasteiger partial charge is 0.164 e. The number of hydrogen-bond donors (Lipinski definition) is 0. The van der Waals surface area contributed by atoms with Gasteiger partial charge < -0.3 is 0 Å². The van der Waals surface area contributed by atoms with Gasteiger partial charge >= 0.3 is 0 Å². The molecule has 1 aliphatic carbocycles. The van der Waals surface area contributed by atoms with Gasteiger partial charge in [0, 0.05) is 16.7 Å². The van der Waals surface area contributed by atoms with Gasteiger partial charge in [0.25, 0.3) is 0 Å². The van der Waals surface area contributed by atoms with Crippen molar-refractivity contribution in [3.8, 4) is 67.5 Å². The van der Waals surface area contributed by atoms with Gasteiger partial charge in [0.1, 0.15) is 0 Å². The zero-order valence-corrected chi connectivity index (χ0v) is 30.0. The molecule has 9 aromatic rings. The lowest BCUT2D eigenvalue weighted by atomic mass is 9.67. The van der Waals surface area contributed by atoms with Crippen molar-refractivity contribution < 1.29 is 0 Å². The minimum absolute atomic E-state index is 0.495. The first-order valence-electron chi connectivity index (χ1n) is 18.7. The maximum absolute atomic E-state index is 5.02. The first-order chi connectivity index (χ1) is 27.3. The quantitative estimate of drug-likeness (QED) is 0.166. The summed E-state index contributed by atoms with van der Waals surface area (Å²) >= 11 is 0. The fourth-order valence-electron chi connectivity index (χ4n) is 8.41. The molecule has 0 unspecified atom stereocenters. The molecule has 0 aliphatic heterocycles. The first kappa shape index (κ1) is 32.4. The average molecular weight is 702 g/mol. The molecule has 0 spiro atoms. The van der Waals surface area contributed by atoms with Crippen LogP contribution in [0.15, 0.2) is 212 Å². The summed E-state index contributed by atoms with van der Waals surface area (Å²) in [6.45, 7) is 0. The Balaban J connectivity index is 1.21. The molecule has 55 heavy (non-hydrogen) atoms. The second kappa shape index (κ2) is 13.6. The van der Waals surface area contributed by atoms with Crippen LogP contribution in [0.4, 0.5) is 0 Å². The van der Waals surface area contributed by atoms with Crippen molar-refractivity contribution in [1.29, 1.82) is 0 Å². The number of aromatic nitrogens is 3. The summed E-state index contributed by atoms with van der Waals surface area (Å²) in [7, 11) is 0. The van der Waals surface area contributed by atoms with Crippen molar-refractivity contribution in [3.63, 3.8) is 0 Å². The van der Waals surface area contributed by atoms with Crippen LogP contribution in [0.1, 0.15) is 22.3 Å². The van der Waals surface area contributed by atoms with Crippen LogP contribution >= 0.6 is 0 Å². The molecule has 1 aromatic heterocycles. The molecule has 0 radical (unpaired) electrons. The van der Waals surface area contributed by atoms with Gasteiger partial charge in [0.15, 0.2) is 17.5 Å². The monoisotopic (exact) mass is 701 g/mol. The third-order valence-electron chi connectivity index (χ3n) is 10.8. The van der Waals surface area contributed by atoms with Crippen LogP contribution in [0.25, 0.3) is 67.5 Å². The molecule has 1 heterocycles. The largest absolute Gasteiger partial charge is 0.208 e. The molecule has 258 valence electrons. The summed E-state index contributed by atoms with van der Waals surface area (Å²) in [5.41, 5.74) is 14.6. The van der Waals surface area contributed by atoms with Crippen molar-refractivity contribution >= 4 is 0 Å². The van der Waals surface area contributed by atoms with Gasteiger partial charge in [-0.1, -0.05) is 212 Å². The highest BCUT2D eigenvalue weighted by atomic mass is 15.0. The summed E-state index contributed by atoms with van der Waals surface area (Å²) in [6.07, 6.45) is 0. The highest BCUT2D eigenvalue weighted by molar-refractivity contribution is 6.01. The summed E-state index contributed by atoms with van der Waals surface area (Å²) in [6, 6.07) is 75.4. The molecule has 0 amide bonds. The summed E-state index contributed by atoms with van der Waals surface area (Å²) in [4.78, 5) is 14.9. The molecule has 10 rings (SSSR count). The van der Waals surface area contributed by atoms with Crippen LogP contribution in [0.5, 0.6) is 0 Å². The normalized spacial score (nSPS) is 12.5. The predicted molar refractivity (Wildman–Crippen MR) is 224 cm³/mol. The summed E-state index contributed by atoms with van der Waals surface area (Å²) in [5.74, 6) is 1.93. The van der Waals surface area contributed by atoms with E-state index in [1.54, 1.807) is 0 Å². The molecule has 3 nitrogen and oxygen atoms in total. The van der Waals surface area contributed by atoms with E-state index in [0.717, 1.165) is 22.3 Å². The number of fused-ring (bicyclic) bond motifs is 3. The van der Waals surface area contributed by atoms with Crippen LogP contribution in [-0.2, 0) is 5.41 Å². The zero-order chi connectivity index (χ0) is 36.6. The SMILES string of the molecule is c1ccc(-c2nc(-c3ccccc3)nc(-c3ccc(-c4c(-c5ccccc5)ccc5c4-c4ccccc4C5(c4ccccc4)c4ccccc4)cc3)n2)cc1. The molecule has 0 saturated carbocycles. The fourth-order valence-corrected chi connectivity index (χ4v) is 8.41. The molecule has 0 N–H and O–H groups in total. The lowest BCUT2D eigenvalue weighted by Gasteiger charge is -2.34. The molecule has 0 bridgehead atoms. The Morgan fingerprint density at radius 1 is 0.255 bits per heavy atom. The minimum atomic E-state index is -0.495. The third kappa shape index (κ3) is 5.48. The number of hydrogen-bond acceptors (Lipinski definition) is 3. The van der Waals surface area contributed by atoms with Crippen LogP contribution in [0.2, 0.25) is 0 Å². The molecule has 0 atom stereocenters. The lowest BCUT2D eigenvalue weighted by Crippen LogP contribution is -2.28. The lowest BCUT2D eigenvalue weighted by molar-refractivity contribution is 0.768.